The van der Waals surface area contributed by atoms with Crippen LogP contribution in [-0.4, -0.2) is 68.3 Å². The standard InChI is InChI=1S/C28H29Cl3N8O3/c1-28(2,3)42-27(41)38-11-9-37(10-12-38)21-8-7-16(13-20(21)31)34-25-23(24(32)40)26-36-33-15-39(26)22(35-25)14-17-18(29)5-4-6-19(17)30/h4-8,13,15,34H,9-12,14H2,1-3H3,(H2,32,40). The van der Waals surface area contributed by atoms with Crippen molar-refractivity contribution < 1.29 is 14.3 Å². The predicted octanol–water partition coefficient (Wildman–Crippen LogP) is 5.57. The topological polar surface area (TPSA) is 131 Å². The highest BCUT2D eigenvalue weighted by atomic mass is 35.5. The van der Waals surface area contributed by atoms with Crippen LogP contribution >= 0.6 is 34.8 Å². The lowest BCUT2D eigenvalue weighted by Gasteiger charge is -2.37. The zero-order valence-electron chi connectivity index (χ0n) is 23.2. The Morgan fingerprint density at radius 3 is 2.33 bits per heavy atom. The molecule has 0 atom stereocenters. The molecule has 0 spiro atoms. The number of aromatic nitrogens is 4. The molecule has 0 saturated carbocycles. The van der Waals surface area contributed by atoms with Gasteiger partial charge in [-0.05, 0) is 56.7 Å². The number of carbonyl (C=O) groups is 2. The molecule has 4 aromatic rings. The average Bonchev–Trinajstić information content (AvgIpc) is 3.40. The summed E-state index contributed by atoms with van der Waals surface area (Å²) in [5.41, 5.74) is 7.57. The summed E-state index contributed by atoms with van der Waals surface area (Å²) in [4.78, 5) is 33.5. The molecule has 3 N–H and O–H groups in total. The van der Waals surface area contributed by atoms with Crippen molar-refractivity contribution in [1.29, 1.82) is 0 Å². The number of ether oxygens (including phenoxy) is 1. The highest BCUT2D eigenvalue weighted by Gasteiger charge is 2.27. The van der Waals surface area contributed by atoms with E-state index in [1.165, 1.54) is 6.33 Å². The number of halogens is 3. The number of rotatable bonds is 6. The van der Waals surface area contributed by atoms with E-state index < -0.39 is 11.5 Å². The van der Waals surface area contributed by atoms with Crippen molar-refractivity contribution in [1.82, 2.24) is 24.5 Å². The Morgan fingerprint density at radius 2 is 1.71 bits per heavy atom. The number of hydrogen-bond donors (Lipinski definition) is 2. The van der Waals surface area contributed by atoms with E-state index in [1.54, 1.807) is 33.6 Å². The molecule has 1 aliphatic rings. The van der Waals surface area contributed by atoms with Crippen LogP contribution in [0, 0.1) is 0 Å². The SMILES string of the molecule is CC(C)(C)OC(=O)N1CCN(c2ccc(Nc3nc(Cc4c(Cl)cccc4Cl)n4cnnc4c3C(N)=O)cc2Cl)CC1. The van der Waals surface area contributed by atoms with Gasteiger partial charge in [-0.3, -0.25) is 9.20 Å². The van der Waals surface area contributed by atoms with Gasteiger partial charge in [0.15, 0.2) is 5.65 Å². The van der Waals surface area contributed by atoms with E-state index in [4.69, 9.17) is 50.3 Å². The summed E-state index contributed by atoms with van der Waals surface area (Å²) in [6.45, 7) is 7.74. The van der Waals surface area contributed by atoms with Crippen LogP contribution in [-0.2, 0) is 11.2 Å². The molecule has 2 amide bonds. The minimum Gasteiger partial charge on any atom is -0.444 e. The molecule has 0 bridgehead atoms. The number of amides is 2. The second kappa shape index (κ2) is 11.8. The van der Waals surface area contributed by atoms with Crippen LogP contribution in [0.1, 0.15) is 42.5 Å². The van der Waals surface area contributed by atoms with Crippen LogP contribution in [0.4, 0.5) is 22.0 Å². The zero-order chi connectivity index (χ0) is 30.2. The van der Waals surface area contributed by atoms with Crippen molar-refractivity contribution >= 4 is 69.6 Å². The number of nitrogens with two attached hydrogens (primary N) is 1. The summed E-state index contributed by atoms with van der Waals surface area (Å²) in [5.74, 6) is -0.0463. The molecule has 0 radical (unpaired) electrons. The van der Waals surface area contributed by atoms with Crippen molar-refractivity contribution in [3.8, 4) is 0 Å². The fourth-order valence-electron chi connectivity index (χ4n) is 4.67. The monoisotopic (exact) mass is 630 g/mol. The van der Waals surface area contributed by atoms with E-state index in [0.717, 1.165) is 5.69 Å². The molecule has 2 aromatic carbocycles. The van der Waals surface area contributed by atoms with E-state index in [-0.39, 0.29) is 29.5 Å². The second-order valence-corrected chi connectivity index (χ2v) is 12.0. The maximum atomic E-state index is 12.5. The Hall–Kier alpha value is -3.80. The minimum atomic E-state index is -0.726. The maximum absolute atomic E-state index is 12.5. The Kier molecular flexibility index (Phi) is 8.36. The summed E-state index contributed by atoms with van der Waals surface area (Å²) in [5, 5.41) is 12.7. The first kappa shape index (κ1) is 29.7. The third-order valence-corrected chi connectivity index (χ3v) is 7.66. The van der Waals surface area contributed by atoms with Gasteiger partial charge >= 0.3 is 6.09 Å². The average molecular weight is 632 g/mol. The lowest BCUT2D eigenvalue weighted by atomic mass is 10.1. The lowest BCUT2D eigenvalue weighted by Crippen LogP contribution is -2.50. The summed E-state index contributed by atoms with van der Waals surface area (Å²) >= 11 is 19.5. The first-order valence-corrected chi connectivity index (χ1v) is 14.3. The normalized spacial score (nSPS) is 13.9. The van der Waals surface area contributed by atoms with Gasteiger partial charge in [-0.1, -0.05) is 40.9 Å². The molecule has 14 heteroatoms. The van der Waals surface area contributed by atoms with E-state index in [0.29, 0.717) is 58.3 Å². The number of carbonyl (C=O) groups excluding carboxylic acids is 2. The van der Waals surface area contributed by atoms with Gasteiger partial charge in [0.2, 0.25) is 0 Å². The lowest BCUT2D eigenvalue weighted by molar-refractivity contribution is 0.0240. The highest BCUT2D eigenvalue weighted by molar-refractivity contribution is 6.36. The first-order valence-electron chi connectivity index (χ1n) is 13.2. The summed E-state index contributed by atoms with van der Waals surface area (Å²) in [7, 11) is 0. The quantitative estimate of drug-likeness (QED) is 0.282. The van der Waals surface area contributed by atoms with Crippen molar-refractivity contribution in [3.63, 3.8) is 0 Å². The molecule has 2 aromatic heterocycles. The molecule has 3 heterocycles. The Morgan fingerprint density at radius 1 is 1.02 bits per heavy atom. The molecule has 1 saturated heterocycles. The van der Waals surface area contributed by atoms with Gasteiger partial charge in [0, 0.05) is 48.3 Å². The molecule has 0 unspecified atom stereocenters. The van der Waals surface area contributed by atoms with Crippen molar-refractivity contribution in [3.05, 3.63) is 74.7 Å². The van der Waals surface area contributed by atoms with Gasteiger partial charge < -0.3 is 25.6 Å². The van der Waals surface area contributed by atoms with Gasteiger partial charge in [0.05, 0.1) is 10.7 Å². The summed E-state index contributed by atoms with van der Waals surface area (Å²) in [6, 6.07) is 10.7. The van der Waals surface area contributed by atoms with Gasteiger partial charge in [0.1, 0.15) is 29.1 Å². The zero-order valence-corrected chi connectivity index (χ0v) is 25.5. The fraction of sp³-hybridized carbons (Fsp3) is 0.321. The molecule has 11 nitrogen and oxygen atoms in total. The molecule has 220 valence electrons. The van der Waals surface area contributed by atoms with E-state index in [2.05, 4.69) is 20.4 Å². The van der Waals surface area contributed by atoms with Crippen molar-refractivity contribution in [2.45, 2.75) is 32.8 Å². The van der Waals surface area contributed by atoms with Crippen molar-refractivity contribution in [2.75, 3.05) is 36.4 Å². The maximum Gasteiger partial charge on any atom is 0.410 e. The van der Waals surface area contributed by atoms with E-state index >= 15 is 0 Å². The third kappa shape index (κ3) is 6.33. The van der Waals surface area contributed by atoms with Crippen LogP contribution in [0.5, 0.6) is 0 Å². The van der Waals surface area contributed by atoms with E-state index in [9.17, 15) is 9.59 Å². The third-order valence-electron chi connectivity index (χ3n) is 6.65. The number of hydrogen-bond acceptors (Lipinski definition) is 8. The minimum absolute atomic E-state index is 0.0694. The largest absolute Gasteiger partial charge is 0.444 e. The van der Waals surface area contributed by atoms with Crippen LogP contribution in [0.3, 0.4) is 0 Å². The fourth-order valence-corrected chi connectivity index (χ4v) is 5.51. The molecule has 1 aliphatic heterocycles. The molecule has 5 rings (SSSR count). The Bertz CT molecular complexity index is 1640. The van der Waals surface area contributed by atoms with Gasteiger partial charge in [0.25, 0.3) is 5.91 Å². The van der Waals surface area contributed by atoms with Crippen LogP contribution < -0.4 is 16.0 Å². The Labute approximate surface area is 257 Å². The second-order valence-electron chi connectivity index (χ2n) is 10.8. The summed E-state index contributed by atoms with van der Waals surface area (Å²) < 4.78 is 7.07. The van der Waals surface area contributed by atoms with E-state index in [1.807, 2.05) is 32.9 Å². The van der Waals surface area contributed by atoms with Crippen LogP contribution in [0.2, 0.25) is 15.1 Å². The number of nitrogens with zero attached hydrogens (tertiary/aromatic N) is 6. The molecular formula is C28H29Cl3N8O3. The summed E-state index contributed by atoms with van der Waals surface area (Å²) in [6.07, 6.45) is 1.37. The molecule has 42 heavy (non-hydrogen) atoms. The first-order chi connectivity index (χ1) is 19.9. The van der Waals surface area contributed by atoms with Crippen molar-refractivity contribution in [2.24, 2.45) is 5.73 Å². The highest BCUT2D eigenvalue weighted by Crippen LogP contribution is 2.33. The smallest absolute Gasteiger partial charge is 0.410 e. The van der Waals surface area contributed by atoms with Gasteiger partial charge in [-0.2, -0.15) is 0 Å². The number of primary amides is 1. The number of fused-ring (bicyclic) bond motifs is 1. The Balaban J connectivity index is 1.39. The number of anilines is 3. The van der Waals surface area contributed by atoms with Crippen LogP contribution in [0.25, 0.3) is 5.65 Å². The van der Waals surface area contributed by atoms with Gasteiger partial charge in [-0.15, -0.1) is 10.2 Å². The molecule has 1 fully saturated rings. The van der Waals surface area contributed by atoms with Gasteiger partial charge in [-0.25, -0.2) is 9.78 Å². The molecule has 0 aliphatic carbocycles. The molecular weight excluding hydrogens is 603 g/mol. The number of piperazine rings is 1. The number of benzene rings is 2. The van der Waals surface area contributed by atoms with Crippen LogP contribution in [0.15, 0.2) is 42.7 Å². The predicted molar refractivity (Wildman–Crippen MR) is 163 cm³/mol. The number of nitrogens with one attached hydrogen (secondary N) is 1.